The van der Waals surface area contributed by atoms with Gasteiger partial charge in [-0.1, -0.05) is 6.07 Å². The van der Waals surface area contributed by atoms with Gasteiger partial charge in [-0.05, 0) is 12.1 Å². The zero-order chi connectivity index (χ0) is 13.0. The molecule has 0 aliphatic rings. The number of ketones is 1. The van der Waals surface area contributed by atoms with Crippen molar-refractivity contribution < 1.29 is 24.9 Å². The zero-order valence-corrected chi connectivity index (χ0v) is 9.20. The molecule has 3 N–H and O–H groups in total. The molecule has 2 unspecified atom stereocenters. The first-order chi connectivity index (χ1) is 7.91. The zero-order valence-electron chi connectivity index (χ0n) is 9.20. The maximum absolute atomic E-state index is 11.1. The van der Waals surface area contributed by atoms with E-state index in [2.05, 4.69) is 4.98 Å². The molecule has 0 saturated carbocycles. The molecule has 0 aromatic carbocycles. The second kappa shape index (κ2) is 5.51. The molecule has 0 amide bonds. The SMILES string of the molecule is CC(=O)c1cccc(C(O)C(O)CC(=O)O)n1. The van der Waals surface area contributed by atoms with Crippen LogP contribution in [0.1, 0.15) is 35.6 Å². The number of hydrogen-bond acceptors (Lipinski definition) is 5. The largest absolute Gasteiger partial charge is 0.481 e. The average molecular weight is 239 g/mol. The number of carboxylic acids is 1. The number of aliphatic hydroxyl groups excluding tert-OH is 2. The highest BCUT2D eigenvalue weighted by Gasteiger charge is 2.22. The van der Waals surface area contributed by atoms with Crippen molar-refractivity contribution in [3.05, 3.63) is 29.6 Å². The standard InChI is InChI=1S/C11H13NO5/c1-6(13)7-3-2-4-8(12-7)11(17)9(14)5-10(15)16/h2-4,9,11,14,17H,5H2,1H3,(H,15,16). The number of rotatable bonds is 5. The number of aliphatic hydroxyl groups is 2. The van der Waals surface area contributed by atoms with Crippen molar-refractivity contribution in [1.29, 1.82) is 0 Å². The van der Waals surface area contributed by atoms with E-state index in [0.29, 0.717) is 0 Å². The van der Waals surface area contributed by atoms with Gasteiger partial charge < -0.3 is 15.3 Å². The van der Waals surface area contributed by atoms with E-state index in [-0.39, 0.29) is 17.2 Å². The maximum Gasteiger partial charge on any atom is 0.306 e. The van der Waals surface area contributed by atoms with E-state index in [1.54, 1.807) is 0 Å². The third-order valence-corrected chi connectivity index (χ3v) is 2.18. The summed E-state index contributed by atoms with van der Waals surface area (Å²) in [5, 5.41) is 27.5. The van der Waals surface area contributed by atoms with E-state index in [4.69, 9.17) is 5.11 Å². The van der Waals surface area contributed by atoms with Crippen LogP contribution in [-0.2, 0) is 4.79 Å². The first-order valence-corrected chi connectivity index (χ1v) is 4.97. The molecule has 0 fully saturated rings. The number of aromatic nitrogens is 1. The first-order valence-electron chi connectivity index (χ1n) is 4.97. The van der Waals surface area contributed by atoms with Gasteiger partial charge in [0.1, 0.15) is 11.8 Å². The van der Waals surface area contributed by atoms with Crippen LogP contribution in [0.2, 0.25) is 0 Å². The summed E-state index contributed by atoms with van der Waals surface area (Å²) >= 11 is 0. The number of pyridine rings is 1. The van der Waals surface area contributed by atoms with E-state index in [1.807, 2.05) is 0 Å². The molecular formula is C11H13NO5. The summed E-state index contributed by atoms with van der Waals surface area (Å²) in [4.78, 5) is 25.3. The molecule has 6 nitrogen and oxygen atoms in total. The summed E-state index contributed by atoms with van der Waals surface area (Å²) in [6.07, 6.45) is -3.47. The van der Waals surface area contributed by atoms with E-state index in [9.17, 15) is 19.8 Å². The molecule has 0 saturated heterocycles. The van der Waals surface area contributed by atoms with Crippen molar-refractivity contribution in [1.82, 2.24) is 4.98 Å². The quantitative estimate of drug-likeness (QED) is 0.631. The topological polar surface area (TPSA) is 108 Å². The van der Waals surface area contributed by atoms with Crippen LogP contribution in [0.4, 0.5) is 0 Å². The molecule has 2 atom stereocenters. The summed E-state index contributed by atoms with van der Waals surface area (Å²) in [6.45, 7) is 1.33. The Hall–Kier alpha value is -1.79. The molecule has 0 radical (unpaired) electrons. The van der Waals surface area contributed by atoms with Crippen LogP contribution in [0.3, 0.4) is 0 Å². The molecular weight excluding hydrogens is 226 g/mol. The van der Waals surface area contributed by atoms with Crippen LogP contribution in [0, 0.1) is 0 Å². The van der Waals surface area contributed by atoms with Crippen molar-refractivity contribution >= 4 is 11.8 Å². The van der Waals surface area contributed by atoms with Crippen molar-refractivity contribution in [2.75, 3.05) is 0 Å². The number of carbonyl (C=O) groups is 2. The first kappa shape index (κ1) is 13.3. The lowest BCUT2D eigenvalue weighted by Gasteiger charge is -2.15. The van der Waals surface area contributed by atoms with Crippen LogP contribution < -0.4 is 0 Å². The van der Waals surface area contributed by atoms with Crippen LogP contribution in [0.25, 0.3) is 0 Å². The summed E-state index contributed by atoms with van der Waals surface area (Å²) in [7, 11) is 0. The van der Waals surface area contributed by atoms with Crippen LogP contribution in [0.15, 0.2) is 18.2 Å². The number of nitrogens with zero attached hydrogens (tertiary/aromatic N) is 1. The van der Waals surface area contributed by atoms with Crippen molar-refractivity contribution in [3.63, 3.8) is 0 Å². The fourth-order valence-corrected chi connectivity index (χ4v) is 1.30. The monoisotopic (exact) mass is 239 g/mol. The highest BCUT2D eigenvalue weighted by atomic mass is 16.4. The number of aliphatic carboxylic acids is 1. The summed E-state index contributed by atoms with van der Waals surface area (Å²) in [5.41, 5.74) is 0.232. The molecule has 17 heavy (non-hydrogen) atoms. The number of Topliss-reactive ketones (excluding diaryl/α,β-unsaturated/α-hetero) is 1. The Labute approximate surface area is 97.5 Å². The van der Waals surface area contributed by atoms with Gasteiger partial charge in [0, 0.05) is 6.92 Å². The molecule has 0 spiro atoms. The third kappa shape index (κ3) is 3.61. The minimum Gasteiger partial charge on any atom is -0.481 e. The Morgan fingerprint density at radius 2 is 2.00 bits per heavy atom. The Morgan fingerprint density at radius 3 is 2.53 bits per heavy atom. The van der Waals surface area contributed by atoms with Gasteiger partial charge in [0.15, 0.2) is 5.78 Å². The minimum atomic E-state index is -1.46. The van der Waals surface area contributed by atoms with Gasteiger partial charge in [0.2, 0.25) is 0 Å². The smallest absolute Gasteiger partial charge is 0.306 e. The van der Waals surface area contributed by atoms with Crippen molar-refractivity contribution in [2.24, 2.45) is 0 Å². The van der Waals surface area contributed by atoms with E-state index >= 15 is 0 Å². The number of carbonyl (C=O) groups excluding carboxylic acids is 1. The predicted molar refractivity (Wildman–Crippen MR) is 57.5 cm³/mol. The maximum atomic E-state index is 11.1. The van der Waals surface area contributed by atoms with Crippen LogP contribution in [0.5, 0.6) is 0 Å². The van der Waals surface area contributed by atoms with Gasteiger partial charge in [-0.25, -0.2) is 4.98 Å². The molecule has 1 aromatic rings. The van der Waals surface area contributed by atoms with Gasteiger partial charge >= 0.3 is 5.97 Å². The average Bonchev–Trinajstić information content (AvgIpc) is 2.27. The highest BCUT2D eigenvalue weighted by molar-refractivity contribution is 5.92. The molecule has 6 heteroatoms. The normalized spacial score (nSPS) is 14.1. The summed E-state index contributed by atoms with van der Waals surface area (Å²) in [6, 6.07) is 4.40. The van der Waals surface area contributed by atoms with E-state index in [0.717, 1.165) is 0 Å². The Balaban J connectivity index is 2.88. The molecule has 0 aliphatic carbocycles. The van der Waals surface area contributed by atoms with Gasteiger partial charge in [-0.15, -0.1) is 0 Å². The molecule has 0 bridgehead atoms. The fraction of sp³-hybridized carbons (Fsp3) is 0.364. The highest BCUT2D eigenvalue weighted by Crippen LogP contribution is 2.17. The molecule has 1 rings (SSSR count). The van der Waals surface area contributed by atoms with Gasteiger partial charge in [-0.3, -0.25) is 9.59 Å². The third-order valence-electron chi connectivity index (χ3n) is 2.18. The van der Waals surface area contributed by atoms with Gasteiger partial charge in [-0.2, -0.15) is 0 Å². The lowest BCUT2D eigenvalue weighted by molar-refractivity contribution is -0.141. The molecule has 1 heterocycles. The molecule has 0 aliphatic heterocycles. The van der Waals surface area contributed by atoms with Gasteiger partial charge in [0.25, 0.3) is 0 Å². The Morgan fingerprint density at radius 1 is 1.35 bits per heavy atom. The van der Waals surface area contributed by atoms with E-state index < -0.39 is 24.6 Å². The number of hydrogen-bond donors (Lipinski definition) is 3. The minimum absolute atomic E-state index is 0.0754. The fourth-order valence-electron chi connectivity index (χ4n) is 1.30. The van der Waals surface area contributed by atoms with Gasteiger partial charge in [0.05, 0.1) is 18.2 Å². The second-order valence-electron chi connectivity index (χ2n) is 3.61. The lowest BCUT2D eigenvalue weighted by atomic mass is 10.1. The number of carboxylic acid groups (broad SMARTS) is 1. The molecule has 1 aromatic heterocycles. The lowest BCUT2D eigenvalue weighted by Crippen LogP contribution is -2.23. The second-order valence-corrected chi connectivity index (χ2v) is 3.61. The van der Waals surface area contributed by atoms with E-state index in [1.165, 1.54) is 25.1 Å². The summed E-state index contributed by atoms with van der Waals surface area (Å²) in [5.74, 6) is -1.49. The van der Waals surface area contributed by atoms with Crippen LogP contribution >= 0.6 is 0 Å². The summed E-state index contributed by atoms with van der Waals surface area (Å²) < 4.78 is 0. The Bertz CT molecular complexity index is 432. The van der Waals surface area contributed by atoms with Crippen molar-refractivity contribution in [2.45, 2.75) is 25.6 Å². The van der Waals surface area contributed by atoms with Crippen molar-refractivity contribution in [3.8, 4) is 0 Å². The Kier molecular flexibility index (Phi) is 4.30. The van der Waals surface area contributed by atoms with Crippen LogP contribution in [-0.4, -0.2) is 38.2 Å². The molecule has 92 valence electrons. The predicted octanol–water partition coefficient (Wildman–Crippen LogP) is 0.153.